The van der Waals surface area contributed by atoms with E-state index in [1.807, 2.05) is 18.2 Å². The van der Waals surface area contributed by atoms with Crippen molar-refractivity contribution in [3.63, 3.8) is 0 Å². The van der Waals surface area contributed by atoms with Gasteiger partial charge >= 0.3 is 0 Å². The molecule has 6 nitrogen and oxygen atoms in total. The molecule has 126 valence electrons. The van der Waals surface area contributed by atoms with Crippen LogP contribution in [0.25, 0.3) is 11.6 Å². The summed E-state index contributed by atoms with van der Waals surface area (Å²) in [6.45, 7) is 0.681. The molecule has 2 aromatic rings. The number of carbonyl (C=O) groups is 1. The van der Waals surface area contributed by atoms with E-state index in [1.165, 1.54) is 18.5 Å². The van der Waals surface area contributed by atoms with Gasteiger partial charge in [-0.3, -0.25) is 9.78 Å². The molecule has 25 heavy (non-hydrogen) atoms. The molecule has 0 fully saturated rings. The lowest BCUT2D eigenvalue weighted by Gasteiger charge is -2.06. The number of benzene rings is 1. The Morgan fingerprint density at radius 2 is 2.24 bits per heavy atom. The fraction of sp³-hybridized carbons (Fsp3) is 0.105. The molecule has 0 unspecified atom stereocenters. The van der Waals surface area contributed by atoms with Crippen LogP contribution in [0, 0.1) is 5.41 Å². The smallest absolute Gasteiger partial charge is 0.248 e. The number of nitrogens with zero attached hydrogens (tertiary/aromatic N) is 1. The minimum atomic E-state index is -0.248. The second kappa shape index (κ2) is 7.44. The third kappa shape index (κ3) is 3.74. The maximum absolute atomic E-state index is 12.2. The van der Waals surface area contributed by atoms with Crippen LogP contribution in [0.5, 0.6) is 5.75 Å². The topological polar surface area (TPSA) is 101 Å². The average Bonchev–Trinajstić information content (AvgIpc) is 3.10. The van der Waals surface area contributed by atoms with Gasteiger partial charge in [-0.1, -0.05) is 0 Å². The predicted octanol–water partition coefficient (Wildman–Crippen LogP) is 2.62. The highest BCUT2D eigenvalue weighted by molar-refractivity contribution is 6.10. The summed E-state index contributed by atoms with van der Waals surface area (Å²) >= 11 is 0. The number of ether oxygens (including phenoxy) is 1. The van der Waals surface area contributed by atoms with Crippen molar-refractivity contribution < 1.29 is 9.53 Å². The summed E-state index contributed by atoms with van der Waals surface area (Å²) in [5, 5.41) is 10.2. The number of hydrogen-bond acceptors (Lipinski definition) is 5. The Morgan fingerprint density at radius 1 is 1.36 bits per heavy atom. The van der Waals surface area contributed by atoms with E-state index in [2.05, 4.69) is 10.3 Å². The van der Waals surface area contributed by atoms with Crippen molar-refractivity contribution >= 4 is 29.5 Å². The largest absolute Gasteiger partial charge is 0.493 e. The van der Waals surface area contributed by atoms with Crippen molar-refractivity contribution in [3.8, 4) is 5.75 Å². The maximum Gasteiger partial charge on any atom is 0.248 e. The molecule has 3 rings (SSSR count). The molecule has 4 N–H and O–H groups in total. The van der Waals surface area contributed by atoms with Crippen LogP contribution in [0.4, 0.5) is 5.69 Å². The van der Waals surface area contributed by atoms with Gasteiger partial charge in [0.1, 0.15) is 5.75 Å². The van der Waals surface area contributed by atoms with E-state index in [0.717, 1.165) is 29.0 Å². The molecule has 6 heteroatoms. The molecular formula is C19H18N4O2. The van der Waals surface area contributed by atoms with Crippen molar-refractivity contribution in [1.29, 1.82) is 5.41 Å². The van der Waals surface area contributed by atoms with Crippen molar-refractivity contribution in [1.82, 2.24) is 4.98 Å². The van der Waals surface area contributed by atoms with E-state index in [0.29, 0.717) is 17.7 Å². The third-order valence-corrected chi connectivity index (χ3v) is 3.87. The van der Waals surface area contributed by atoms with Gasteiger partial charge in [0, 0.05) is 54.1 Å². The monoisotopic (exact) mass is 334 g/mol. The van der Waals surface area contributed by atoms with E-state index < -0.39 is 0 Å². The third-order valence-electron chi connectivity index (χ3n) is 3.87. The van der Waals surface area contributed by atoms with Crippen LogP contribution in [0.2, 0.25) is 0 Å². The maximum atomic E-state index is 12.2. The summed E-state index contributed by atoms with van der Waals surface area (Å²) < 4.78 is 5.45. The van der Waals surface area contributed by atoms with Crippen LogP contribution >= 0.6 is 0 Å². The van der Waals surface area contributed by atoms with Crippen molar-refractivity contribution in [2.24, 2.45) is 5.73 Å². The molecule has 0 atom stereocenters. The van der Waals surface area contributed by atoms with Gasteiger partial charge in [0.2, 0.25) is 5.91 Å². The Balaban J connectivity index is 1.74. The number of carbonyl (C=O) groups excluding carboxylic acids is 1. The molecule has 1 aromatic heterocycles. The first kappa shape index (κ1) is 16.4. The van der Waals surface area contributed by atoms with E-state index in [9.17, 15) is 4.79 Å². The van der Waals surface area contributed by atoms with Gasteiger partial charge in [0.05, 0.1) is 6.61 Å². The second-order valence-electron chi connectivity index (χ2n) is 5.47. The summed E-state index contributed by atoms with van der Waals surface area (Å²) in [5.74, 6) is 0.628. The molecule has 1 aliphatic heterocycles. The number of hydrogen-bond donors (Lipinski definition) is 3. The summed E-state index contributed by atoms with van der Waals surface area (Å²) in [6.07, 6.45) is 9.70. The molecular weight excluding hydrogens is 316 g/mol. The average molecular weight is 334 g/mol. The molecule has 2 heterocycles. The molecule has 0 aliphatic carbocycles. The molecule has 1 aliphatic rings. The Labute approximate surface area is 145 Å². The van der Waals surface area contributed by atoms with Crippen molar-refractivity contribution in [2.75, 3.05) is 11.9 Å². The number of fused-ring (bicyclic) bond motifs is 1. The molecule has 0 saturated carbocycles. The summed E-state index contributed by atoms with van der Waals surface area (Å²) in [4.78, 5) is 16.2. The standard InChI is InChI=1S/C19H18N4O2/c20-10-15(11-21)17-5-7-22-12-14(17)1-4-19(24)23-16-2-3-18-13(9-16)6-8-25-18/h1-5,7,9-12,20H,6,8,21H2,(H,23,24)/b4-1+,15-11+,20-10?. The number of rotatable bonds is 5. The minimum absolute atomic E-state index is 0.248. The zero-order valence-corrected chi connectivity index (χ0v) is 13.5. The van der Waals surface area contributed by atoms with Crippen LogP contribution in [-0.2, 0) is 11.2 Å². The molecule has 0 spiro atoms. The summed E-state index contributed by atoms with van der Waals surface area (Å²) in [7, 11) is 0. The zero-order chi connectivity index (χ0) is 17.6. The van der Waals surface area contributed by atoms with Crippen molar-refractivity contribution in [3.05, 3.63) is 65.6 Å². The molecule has 0 bridgehead atoms. The Morgan fingerprint density at radius 3 is 3.04 bits per heavy atom. The Hall–Kier alpha value is -3.41. The fourth-order valence-corrected chi connectivity index (χ4v) is 2.63. The minimum Gasteiger partial charge on any atom is -0.493 e. The lowest BCUT2D eigenvalue weighted by Crippen LogP contribution is -2.08. The first-order chi connectivity index (χ1) is 12.2. The second-order valence-corrected chi connectivity index (χ2v) is 5.47. The van der Waals surface area contributed by atoms with Crippen LogP contribution in [-0.4, -0.2) is 23.7 Å². The first-order valence-corrected chi connectivity index (χ1v) is 7.83. The summed E-state index contributed by atoms with van der Waals surface area (Å²) in [5.41, 5.74) is 9.37. The quantitative estimate of drug-likeness (QED) is 0.578. The molecule has 0 radical (unpaired) electrons. The van der Waals surface area contributed by atoms with Gasteiger partial charge in [0.25, 0.3) is 0 Å². The first-order valence-electron chi connectivity index (χ1n) is 7.83. The lowest BCUT2D eigenvalue weighted by atomic mass is 10.0. The number of nitrogens with two attached hydrogens (primary N) is 1. The van der Waals surface area contributed by atoms with Gasteiger partial charge in [-0.15, -0.1) is 0 Å². The highest BCUT2D eigenvalue weighted by atomic mass is 16.5. The van der Waals surface area contributed by atoms with Gasteiger partial charge < -0.3 is 21.2 Å². The van der Waals surface area contributed by atoms with Gasteiger partial charge in [-0.2, -0.15) is 0 Å². The fourth-order valence-electron chi connectivity index (χ4n) is 2.63. The van der Waals surface area contributed by atoms with Crippen molar-refractivity contribution in [2.45, 2.75) is 6.42 Å². The lowest BCUT2D eigenvalue weighted by molar-refractivity contribution is -0.111. The number of aromatic nitrogens is 1. The Kier molecular flexibility index (Phi) is 4.89. The number of allylic oxidation sites excluding steroid dienone is 1. The number of nitrogens with one attached hydrogen (secondary N) is 2. The summed E-state index contributed by atoms with van der Waals surface area (Å²) in [6, 6.07) is 7.36. The highest BCUT2D eigenvalue weighted by Crippen LogP contribution is 2.27. The van der Waals surface area contributed by atoms with Crippen LogP contribution in [0.1, 0.15) is 16.7 Å². The number of anilines is 1. The van der Waals surface area contributed by atoms with Crippen LogP contribution in [0.15, 0.2) is 48.9 Å². The number of pyridine rings is 1. The van der Waals surface area contributed by atoms with Gasteiger partial charge in [-0.05, 0) is 41.5 Å². The molecule has 1 amide bonds. The number of amides is 1. The normalized spacial score (nSPS) is 13.4. The van der Waals surface area contributed by atoms with E-state index in [1.54, 1.807) is 24.5 Å². The Bertz CT molecular complexity index is 871. The van der Waals surface area contributed by atoms with Gasteiger partial charge in [-0.25, -0.2) is 0 Å². The van der Waals surface area contributed by atoms with E-state index in [-0.39, 0.29) is 5.91 Å². The zero-order valence-electron chi connectivity index (χ0n) is 13.5. The molecule has 1 aromatic carbocycles. The van der Waals surface area contributed by atoms with Gasteiger partial charge in [0.15, 0.2) is 0 Å². The highest BCUT2D eigenvalue weighted by Gasteiger charge is 2.12. The molecule has 0 saturated heterocycles. The predicted molar refractivity (Wildman–Crippen MR) is 98.5 cm³/mol. The van der Waals surface area contributed by atoms with Crippen LogP contribution < -0.4 is 15.8 Å². The van der Waals surface area contributed by atoms with E-state index >= 15 is 0 Å². The van der Waals surface area contributed by atoms with Crippen LogP contribution in [0.3, 0.4) is 0 Å². The van der Waals surface area contributed by atoms with E-state index in [4.69, 9.17) is 15.9 Å². The SMILES string of the molecule is N=C/C(=C\N)c1ccncc1/C=C/C(=O)Nc1ccc2c(c1)CCO2.